The Hall–Kier alpha value is -3.26. The molecule has 1 saturated carbocycles. The van der Waals surface area contributed by atoms with Crippen molar-refractivity contribution in [1.82, 2.24) is 4.90 Å². The third-order valence-corrected chi connectivity index (χ3v) is 5.67. The smallest absolute Gasteiger partial charge is 0.247 e. The lowest BCUT2D eigenvalue weighted by Gasteiger charge is -2.47. The number of rotatable bonds is 3. The van der Waals surface area contributed by atoms with Gasteiger partial charge in [0.15, 0.2) is 0 Å². The van der Waals surface area contributed by atoms with Crippen LogP contribution in [0.2, 0.25) is 0 Å². The molecular formula is C20H19FN4O3. The molecule has 144 valence electrons. The van der Waals surface area contributed by atoms with Gasteiger partial charge in [-0.2, -0.15) is 10.5 Å². The molecule has 28 heavy (non-hydrogen) atoms. The van der Waals surface area contributed by atoms with E-state index in [1.807, 2.05) is 12.1 Å². The Labute approximate surface area is 161 Å². The minimum Gasteiger partial charge on any atom is -0.322 e. The van der Waals surface area contributed by atoms with E-state index >= 15 is 0 Å². The van der Waals surface area contributed by atoms with E-state index in [2.05, 4.69) is 5.32 Å². The van der Waals surface area contributed by atoms with Crippen LogP contribution in [0.25, 0.3) is 0 Å². The van der Waals surface area contributed by atoms with Gasteiger partial charge in [0.2, 0.25) is 17.7 Å². The van der Waals surface area contributed by atoms with Gasteiger partial charge in [-0.1, -0.05) is 31.4 Å². The van der Waals surface area contributed by atoms with Gasteiger partial charge in [-0.05, 0) is 25.0 Å². The maximum Gasteiger partial charge on any atom is 0.247 e. The summed E-state index contributed by atoms with van der Waals surface area (Å²) in [6.45, 7) is -0.668. The highest BCUT2D eigenvalue weighted by Gasteiger charge is 2.59. The number of hydrogen-bond donors (Lipinski definition) is 1. The van der Waals surface area contributed by atoms with Gasteiger partial charge in [-0.25, -0.2) is 4.39 Å². The molecule has 1 saturated heterocycles. The fraction of sp³-hybridized carbons (Fsp3) is 0.450. The van der Waals surface area contributed by atoms with E-state index in [9.17, 15) is 29.3 Å². The van der Waals surface area contributed by atoms with Crippen molar-refractivity contribution in [2.24, 2.45) is 17.3 Å². The number of benzene rings is 1. The SMILES string of the molecule is N#CC1C(=O)N(CC(=O)Nc2ccccc2F)C(=O)C(C#N)C12CCCCC2. The van der Waals surface area contributed by atoms with Gasteiger partial charge in [-0.15, -0.1) is 0 Å². The van der Waals surface area contributed by atoms with E-state index in [1.54, 1.807) is 0 Å². The molecular weight excluding hydrogens is 363 g/mol. The Kier molecular flexibility index (Phi) is 5.41. The monoisotopic (exact) mass is 382 g/mol. The fourth-order valence-corrected chi connectivity index (χ4v) is 4.29. The lowest BCUT2D eigenvalue weighted by atomic mass is 9.57. The van der Waals surface area contributed by atoms with Crippen LogP contribution < -0.4 is 5.32 Å². The standard InChI is InChI=1S/C20H19FN4O3/c21-15-6-2-3-7-16(15)24-17(26)12-25-18(27)13(10-22)20(8-4-1-5-9-20)14(11-23)19(25)28/h2-3,6-7,13-14H,1,4-5,8-9,12H2,(H,24,26). The second-order valence-corrected chi connectivity index (χ2v) is 7.21. The summed E-state index contributed by atoms with van der Waals surface area (Å²) in [6, 6.07) is 9.45. The molecule has 7 nitrogen and oxygen atoms in total. The Morgan fingerprint density at radius 2 is 1.68 bits per heavy atom. The number of carbonyl (C=O) groups is 3. The number of hydrogen-bond acceptors (Lipinski definition) is 5. The van der Waals surface area contributed by atoms with Crippen LogP contribution >= 0.6 is 0 Å². The predicted molar refractivity (Wildman–Crippen MR) is 95.5 cm³/mol. The van der Waals surface area contributed by atoms with Crippen molar-refractivity contribution in [1.29, 1.82) is 10.5 Å². The number of halogens is 1. The van der Waals surface area contributed by atoms with E-state index in [0.29, 0.717) is 17.7 Å². The summed E-state index contributed by atoms with van der Waals surface area (Å²) in [5.41, 5.74) is -1.07. The van der Waals surface area contributed by atoms with E-state index < -0.39 is 47.3 Å². The average molecular weight is 382 g/mol. The highest BCUT2D eigenvalue weighted by atomic mass is 19.1. The van der Waals surface area contributed by atoms with Crippen molar-refractivity contribution in [2.75, 3.05) is 11.9 Å². The third kappa shape index (κ3) is 3.22. The largest absolute Gasteiger partial charge is 0.322 e. The van der Waals surface area contributed by atoms with Crippen molar-refractivity contribution in [2.45, 2.75) is 32.1 Å². The zero-order chi connectivity index (χ0) is 20.3. The van der Waals surface area contributed by atoms with Crippen molar-refractivity contribution in [3.05, 3.63) is 30.1 Å². The third-order valence-electron chi connectivity index (χ3n) is 5.67. The molecule has 8 heteroatoms. The molecule has 1 heterocycles. The highest BCUT2D eigenvalue weighted by Crippen LogP contribution is 2.51. The molecule has 0 aromatic heterocycles. The first-order valence-electron chi connectivity index (χ1n) is 9.13. The van der Waals surface area contributed by atoms with Crippen LogP contribution in [0.1, 0.15) is 32.1 Å². The molecule has 3 amide bonds. The average Bonchev–Trinajstić information content (AvgIpc) is 2.68. The van der Waals surface area contributed by atoms with Gasteiger partial charge >= 0.3 is 0 Å². The molecule has 1 aliphatic heterocycles. The Balaban J connectivity index is 1.84. The maximum absolute atomic E-state index is 13.7. The molecule has 1 aromatic rings. The number of amides is 3. The van der Waals surface area contributed by atoms with Crippen molar-refractivity contribution in [3.8, 4) is 12.1 Å². The van der Waals surface area contributed by atoms with Crippen molar-refractivity contribution >= 4 is 23.4 Å². The summed E-state index contributed by atoms with van der Waals surface area (Å²) >= 11 is 0. The summed E-state index contributed by atoms with van der Waals surface area (Å²) in [5, 5.41) is 21.6. The minimum absolute atomic E-state index is 0.0816. The van der Waals surface area contributed by atoms with Gasteiger partial charge in [0, 0.05) is 5.41 Å². The number of imide groups is 1. The predicted octanol–water partition coefficient (Wildman–Crippen LogP) is 2.36. The van der Waals surface area contributed by atoms with Gasteiger partial charge < -0.3 is 5.32 Å². The first-order valence-corrected chi connectivity index (χ1v) is 9.13. The van der Waals surface area contributed by atoms with Gasteiger partial charge in [-0.3, -0.25) is 19.3 Å². The Morgan fingerprint density at radius 1 is 1.11 bits per heavy atom. The molecule has 2 fully saturated rings. The molecule has 2 atom stereocenters. The Morgan fingerprint density at radius 3 is 2.21 bits per heavy atom. The molecule has 0 radical (unpaired) electrons. The molecule has 1 aromatic carbocycles. The van der Waals surface area contributed by atoms with Crippen molar-refractivity contribution in [3.63, 3.8) is 0 Å². The number of likely N-dealkylation sites (tertiary alicyclic amines) is 1. The van der Waals surface area contributed by atoms with E-state index in [0.717, 1.165) is 25.3 Å². The highest BCUT2D eigenvalue weighted by molar-refractivity contribution is 6.07. The Bertz CT molecular complexity index is 859. The van der Waals surface area contributed by atoms with E-state index in [1.165, 1.54) is 18.2 Å². The molecule has 2 unspecified atom stereocenters. The second-order valence-electron chi connectivity index (χ2n) is 7.21. The lowest BCUT2D eigenvalue weighted by molar-refractivity contribution is -0.164. The number of nitrogens with zero attached hydrogens (tertiary/aromatic N) is 3. The van der Waals surface area contributed by atoms with Crippen LogP contribution in [0, 0.1) is 45.7 Å². The quantitative estimate of drug-likeness (QED) is 0.806. The number of piperidine rings is 1. The van der Waals surface area contributed by atoms with Crippen LogP contribution in [-0.4, -0.2) is 29.2 Å². The van der Waals surface area contributed by atoms with Gasteiger partial charge in [0.05, 0.1) is 17.8 Å². The number of carbonyl (C=O) groups excluding carboxylic acids is 3. The molecule has 3 rings (SSSR count). The first kappa shape index (κ1) is 19.5. The second kappa shape index (κ2) is 7.77. The topological polar surface area (TPSA) is 114 Å². The summed E-state index contributed by atoms with van der Waals surface area (Å²) in [5.74, 6) is -5.26. The molecule has 1 N–H and O–H groups in total. The van der Waals surface area contributed by atoms with Crippen LogP contribution in [-0.2, 0) is 14.4 Å². The zero-order valence-electron chi connectivity index (χ0n) is 15.2. The fourth-order valence-electron chi connectivity index (χ4n) is 4.29. The number of anilines is 1. The normalized spacial score (nSPS) is 23.8. The minimum atomic E-state index is -1.16. The summed E-state index contributed by atoms with van der Waals surface area (Å²) in [4.78, 5) is 38.7. The summed E-state index contributed by atoms with van der Waals surface area (Å²) in [6.07, 6.45) is 3.32. The maximum atomic E-state index is 13.7. The lowest BCUT2D eigenvalue weighted by Crippen LogP contribution is -2.61. The van der Waals surface area contributed by atoms with Crippen LogP contribution in [0.5, 0.6) is 0 Å². The number of nitriles is 2. The van der Waals surface area contributed by atoms with Crippen LogP contribution in [0.4, 0.5) is 10.1 Å². The van der Waals surface area contributed by atoms with Gasteiger partial charge in [0.25, 0.3) is 0 Å². The first-order chi connectivity index (χ1) is 13.4. The molecule has 1 spiro atoms. The summed E-state index contributed by atoms with van der Waals surface area (Å²) in [7, 11) is 0. The van der Waals surface area contributed by atoms with E-state index in [-0.39, 0.29) is 5.69 Å². The zero-order valence-corrected chi connectivity index (χ0v) is 15.2. The van der Waals surface area contributed by atoms with Crippen LogP contribution in [0.3, 0.4) is 0 Å². The summed E-state index contributed by atoms with van der Waals surface area (Å²) < 4.78 is 13.7. The number of para-hydroxylation sites is 1. The van der Waals surface area contributed by atoms with E-state index in [4.69, 9.17) is 0 Å². The van der Waals surface area contributed by atoms with Crippen LogP contribution in [0.15, 0.2) is 24.3 Å². The molecule has 0 bridgehead atoms. The van der Waals surface area contributed by atoms with Crippen molar-refractivity contribution < 1.29 is 18.8 Å². The molecule has 2 aliphatic rings. The van der Waals surface area contributed by atoms with Gasteiger partial charge in [0.1, 0.15) is 24.2 Å². The molecule has 1 aliphatic carbocycles. The number of nitrogens with one attached hydrogen (secondary N) is 1.